The summed E-state index contributed by atoms with van der Waals surface area (Å²) in [6, 6.07) is 11.2. The molecule has 0 saturated heterocycles. The van der Waals surface area contributed by atoms with Crippen molar-refractivity contribution in [1.29, 1.82) is 0 Å². The zero-order valence-corrected chi connectivity index (χ0v) is 13.9. The first-order valence-corrected chi connectivity index (χ1v) is 8.00. The van der Waals surface area contributed by atoms with Crippen molar-refractivity contribution in [3.63, 3.8) is 0 Å². The van der Waals surface area contributed by atoms with Gasteiger partial charge in [-0.05, 0) is 36.6 Å². The number of carbonyl (C=O) groups is 1. The summed E-state index contributed by atoms with van der Waals surface area (Å²) >= 11 is 1.09. The van der Waals surface area contributed by atoms with Crippen LogP contribution in [-0.2, 0) is 6.18 Å². The van der Waals surface area contributed by atoms with E-state index in [4.69, 9.17) is 0 Å². The highest BCUT2D eigenvalue weighted by molar-refractivity contribution is 7.99. The van der Waals surface area contributed by atoms with Crippen molar-refractivity contribution in [3.8, 4) is 0 Å². The van der Waals surface area contributed by atoms with E-state index >= 15 is 0 Å². The lowest BCUT2D eigenvalue weighted by atomic mass is 10.0. The number of hydrogen-bond acceptors (Lipinski definition) is 2. The molecule has 0 atom stereocenters. The third-order valence-electron chi connectivity index (χ3n) is 3.45. The lowest BCUT2D eigenvalue weighted by Gasteiger charge is -2.16. The average molecular weight is 338 g/mol. The molecule has 0 unspecified atom stereocenters. The van der Waals surface area contributed by atoms with Crippen molar-refractivity contribution in [3.05, 3.63) is 59.2 Å². The monoisotopic (exact) mass is 338 g/mol. The predicted octanol–water partition coefficient (Wildman–Crippen LogP) is 6.18. The van der Waals surface area contributed by atoms with Gasteiger partial charge in [-0.25, -0.2) is 0 Å². The van der Waals surface area contributed by atoms with E-state index in [1.807, 2.05) is 38.1 Å². The van der Waals surface area contributed by atoms with Crippen molar-refractivity contribution in [2.24, 2.45) is 0 Å². The number of hydrogen-bond donors (Lipinski definition) is 0. The van der Waals surface area contributed by atoms with Crippen LogP contribution in [0.15, 0.2) is 52.3 Å². The molecule has 0 heterocycles. The van der Waals surface area contributed by atoms with Gasteiger partial charge in [0.25, 0.3) is 0 Å². The fraction of sp³-hybridized carbons (Fsp3) is 0.278. The Kier molecular flexibility index (Phi) is 5.19. The first kappa shape index (κ1) is 17.6. The molecule has 0 saturated carbocycles. The quantitative estimate of drug-likeness (QED) is 0.619. The average Bonchev–Trinajstić information content (AvgIpc) is 2.46. The van der Waals surface area contributed by atoms with Crippen LogP contribution >= 0.6 is 11.8 Å². The standard InChI is InChI=1S/C18H17F3OS/c1-11(2)14-6-4-5-7-16(14)23-17-9-8-13(12(3)22)10-15(17)18(19,20)21/h4-11H,1-3H3. The van der Waals surface area contributed by atoms with E-state index in [1.54, 1.807) is 0 Å². The highest BCUT2D eigenvalue weighted by atomic mass is 32.2. The molecule has 0 radical (unpaired) electrons. The molecule has 23 heavy (non-hydrogen) atoms. The minimum Gasteiger partial charge on any atom is -0.295 e. The number of benzene rings is 2. The Morgan fingerprint density at radius 2 is 1.70 bits per heavy atom. The van der Waals surface area contributed by atoms with Crippen LogP contribution in [0.1, 0.15) is 48.2 Å². The molecular formula is C18H17F3OS. The van der Waals surface area contributed by atoms with Gasteiger partial charge in [-0.1, -0.05) is 49.9 Å². The van der Waals surface area contributed by atoms with E-state index in [2.05, 4.69) is 0 Å². The molecule has 0 aliphatic heterocycles. The second-order valence-corrected chi connectivity index (χ2v) is 6.64. The second-order valence-electron chi connectivity index (χ2n) is 5.56. The van der Waals surface area contributed by atoms with Crippen molar-refractivity contribution in [2.75, 3.05) is 0 Å². The van der Waals surface area contributed by atoms with Crippen molar-refractivity contribution in [1.82, 2.24) is 0 Å². The van der Waals surface area contributed by atoms with Gasteiger partial charge < -0.3 is 0 Å². The molecule has 0 spiro atoms. The van der Waals surface area contributed by atoms with Crippen LogP contribution < -0.4 is 0 Å². The molecule has 2 aromatic rings. The zero-order valence-electron chi connectivity index (χ0n) is 13.1. The third kappa shape index (κ3) is 4.16. The first-order valence-electron chi connectivity index (χ1n) is 7.19. The molecule has 0 aliphatic carbocycles. The Hall–Kier alpha value is -1.75. The molecule has 0 aliphatic rings. The van der Waals surface area contributed by atoms with Crippen LogP contribution in [0.25, 0.3) is 0 Å². The van der Waals surface area contributed by atoms with E-state index in [9.17, 15) is 18.0 Å². The Bertz CT molecular complexity index is 720. The number of Topliss-reactive ketones (excluding diaryl/α,β-unsaturated/α-hetero) is 1. The topological polar surface area (TPSA) is 17.1 Å². The summed E-state index contributed by atoms with van der Waals surface area (Å²) in [4.78, 5) is 12.3. The fourth-order valence-electron chi connectivity index (χ4n) is 2.23. The second kappa shape index (κ2) is 6.79. The molecule has 1 nitrogen and oxygen atoms in total. The fourth-order valence-corrected chi connectivity index (χ4v) is 3.45. The number of alkyl halides is 3. The normalized spacial score (nSPS) is 11.8. The molecule has 0 aromatic heterocycles. The maximum atomic E-state index is 13.3. The summed E-state index contributed by atoms with van der Waals surface area (Å²) < 4.78 is 40.0. The van der Waals surface area contributed by atoms with Crippen LogP contribution in [0.5, 0.6) is 0 Å². The summed E-state index contributed by atoms with van der Waals surface area (Å²) in [5.41, 5.74) is 0.300. The van der Waals surface area contributed by atoms with Crippen LogP contribution in [0.2, 0.25) is 0 Å². The van der Waals surface area contributed by atoms with Crippen LogP contribution in [0.3, 0.4) is 0 Å². The molecule has 2 rings (SSSR count). The van der Waals surface area contributed by atoms with Gasteiger partial charge in [-0.15, -0.1) is 0 Å². The van der Waals surface area contributed by atoms with Gasteiger partial charge in [0.1, 0.15) is 0 Å². The molecule has 0 amide bonds. The summed E-state index contributed by atoms with van der Waals surface area (Å²) in [6.45, 7) is 5.27. The predicted molar refractivity (Wildman–Crippen MR) is 86.1 cm³/mol. The van der Waals surface area contributed by atoms with Gasteiger partial charge in [0.05, 0.1) is 5.56 Å². The maximum Gasteiger partial charge on any atom is 0.417 e. The highest BCUT2D eigenvalue weighted by Crippen LogP contribution is 2.41. The Labute approximate surface area is 137 Å². The van der Waals surface area contributed by atoms with Crippen LogP contribution in [0.4, 0.5) is 13.2 Å². The van der Waals surface area contributed by atoms with E-state index in [1.165, 1.54) is 19.1 Å². The number of carbonyl (C=O) groups excluding carboxylic acids is 1. The van der Waals surface area contributed by atoms with Gasteiger partial charge >= 0.3 is 6.18 Å². The Morgan fingerprint density at radius 1 is 1.04 bits per heavy atom. The largest absolute Gasteiger partial charge is 0.417 e. The minimum absolute atomic E-state index is 0.0684. The summed E-state index contributed by atoms with van der Waals surface area (Å²) in [5, 5.41) is 0. The SMILES string of the molecule is CC(=O)c1ccc(Sc2ccccc2C(C)C)c(C(F)(F)F)c1. The van der Waals surface area contributed by atoms with E-state index in [-0.39, 0.29) is 22.2 Å². The van der Waals surface area contributed by atoms with Gasteiger partial charge in [-0.2, -0.15) is 13.2 Å². The van der Waals surface area contributed by atoms with Gasteiger partial charge in [-0.3, -0.25) is 4.79 Å². The first-order chi connectivity index (χ1) is 10.7. The minimum atomic E-state index is -4.50. The zero-order chi connectivity index (χ0) is 17.2. The lowest BCUT2D eigenvalue weighted by Crippen LogP contribution is -2.09. The molecule has 5 heteroatoms. The maximum absolute atomic E-state index is 13.3. The summed E-state index contributed by atoms with van der Waals surface area (Å²) in [5.74, 6) is -0.167. The van der Waals surface area contributed by atoms with E-state index < -0.39 is 11.7 Å². The molecule has 122 valence electrons. The molecule has 0 fully saturated rings. The van der Waals surface area contributed by atoms with Crippen molar-refractivity contribution < 1.29 is 18.0 Å². The Balaban J connectivity index is 2.50. The van der Waals surface area contributed by atoms with E-state index in [0.29, 0.717) is 0 Å². The number of halogens is 3. The van der Waals surface area contributed by atoms with Crippen LogP contribution in [-0.4, -0.2) is 5.78 Å². The van der Waals surface area contributed by atoms with Gasteiger partial charge in [0.15, 0.2) is 5.78 Å². The third-order valence-corrected chi connectivity index (χ3v) is 4.62. The van der Waals surface area contributed by atoms with Gasteiger partial charge in [0, 0.05) is 15.4 Å². The molecule has 0 bridgehead atoms. The highest BCUT2D eigenvalue weighted by Gasteiger charge is 2.34. The summed E-state index contributed by atoms with van der Waals surface area (Å²) in [6.07, 6.45) is -4.50. The Morgan fingerprint density at radius 3 is 2.26 bits per heavy atom. The van der Waals surface area contributed by atoms with Crippen LogP contribution in [0, 0.1) is 0 Å². The van der Waals surface area contributed by atoms with E-state index in [0.717, 1.165) is 28.3 Å². The lowest BCUT2D eigenvalue weighted by molar-refractivity contribution is -0.139. The summed E-state index contributed by atoms with van der Waals surface area (Å²) in [7, 11) is 0. The van der Waals surface area contributed by atoms with Crippen molar-refractivity contribution >= 4 is 17.5 Å². The van der Waals surface area contributed by atoms with Gasteiger partial charge in [0.2, 0.25) is 0 Å². The molecular weight excluding hydrogens is 321 g/mol. The van der Waals surface area contributed by atoms with Crippen molar-refractivity contribution in [2.45, 2.75) is 42.7 Å². The molecule has 2 aromatic carbocycles. The number of rotatable bonds is 4. The number of ketones is 1. The smallest absolute Gasteiger partial charge is 0.295 e. The molecule has 0 N–H and O–H groups in total.